The first-order chi connectivity index (χ1) is 12.0. The van der Waals surface area contributed by atoms with E-state index in [1.807, 2.05) is 0 Å². The lowest BCUT2D eigenvalue weighted by Gasteiger charge is -2.12. The number of hydrogen-bond acceptors (Lipinski definition) is 5. The summed E-state index contributed by atoms with van der Waals surface area (Å²) in [6.07, 6.45) is 0.643. The Balaban J connectivity index is 2.09. The number of benzene rings is 2. The monoisotopic (exact) mass is 341 g/mol. The molecule has 0 aromatic heterocycles. The molecule has 0 bridgehead atoms. The van der Waals surface area contributed by atoms with E-state index in [0.717, 1.165) is 5.56 Å². The highest BCUT2D eigenvalue weighted by Gasteiger charge is 2.11. The van der Waals surface area contributed by atoms with Gasteiger partial charge in [0, 0.05) is 6.92 Å². The van der Waals surface area contributed by atoms with E-state index in [1.165, 1.54) is 6.92 Å². The molecule has 6 heteroatoms. The molecule has 0 heterocycles. The van der Waals surface area contributed by atoms with Crippen LogP contribution in [0.25, 0.3) is 0 Å². The number of nitrogens with one attached hydrogen (secondary N) is 1. The number of carbonyl (C=O) groups excluding carboxylic acids is 3. The van der Waals surface area contributed by atoms with Gasteiger partial charge in [0.1, 0.15) is 12.4 Å². The molecule has 25 heavy (non-hydrogen) atoms. The first-order valence-electron chi connectivity index (χ1n) is 7.79. The summed E-state index contributed by atoms with van der Waals surface area (Å²) in [5, 5.41) is 2.59. The van der Waals surface area contributed by atoms with Crippen molar-refractivity contribution in [3.8, 4) is 5.75 Å². The summed E-state index contributed by atoms with van der Waals surface area (Å²) < 4.78 is 10.6. The van der Waals surface area contributed by atoms with E-state index in [0.29, 0.717) is 29.9 Å². The van der Waals surface area contributed by atoms with Crippen molar-refractivity contribution in [3.63, 3.8) is 0 Å². The minimum Gasteiger partial charge on any atom is -0.488 e. The fourth-order valence-corrected chi connectivity index (χ4v) is 2.20. The van der Waals surface area contributed by atoms with Crippen LogP contribution in [0.2, 0.25) is 0 Å². The Morgan fingerprint density at radius 2 is 1.84 bits per heavy atom. The molecule has 0 spiro atoms. The van der Waals surface area contributed by atoms with Crippen LogP contribution >= 0.6 is 0 Å². The second-order valence-electron chi connectivity index (χ2n) is 5.22. The van der Waals surface area contributed by atoms with Crippen molar-refractivity contribution in [1.82, 2.24) is 0 Å². The van der Waals surface area contributed by atoms with Crippen molar-refractivity contribution in [2.24, 2.45) is 0 Å². The average Bonchev–Trinajstić information content (AvgIpc) is 2.60. The molecular formula is C19H19NO5. The van der Waals surface area contributed by atoms with Gasteiger partial charge in [0.15, 0.2) is 6.29 Å². The lowest BCUT2D eigenvalue weighted by Crippen LogP contribution is -2.09. The van der Waals surface area contributed by atoms with Gasteiger partial charge in [-0.1, -0.05) is 18.2 Å². The number of ether oxygens (including phenoxy) is 2. The van der Waals surface area contributed by atoms with Gasteiger partial charge in [0.05, 0.1) is 23.4 Å². The Bertz CT molecular complexity index is 768. The molecule has 0 atom stereocenters. The lowest BCUT2D eigenvalue weighted by molar-refractivity contribution is -0.114. The van der Waals surface area contributed by atoms with Gasteiger partial charge in [-0.05, 0) is 36.8 Å². The van der Waals surface area contributed by atoms with Crippen molar-refractivity contribution in [3.05, 3.63) is 59.2 Å². The highest BCUT2D eigenvalue weighted by Crippen LogP contribution is 2.25. The predicted octanol–water partition coefficient (Wildman–Crippen LogP) is 3.21. The summed E-state index contributed by atoms with van der Waals surface area (Å²) in [5.41, 5.74) is 1.97. The SMILES string of the molecule is CCOC(=O)c1ccc(COc2cccc(NC(C)=O)c2C=O)cc1. The average molecular weight is 341 g/mol. The summed E-state index contributed by atoms with van der Waals surface area (Å²) in [7, 11) is 0. The number of hydrogen-bond donors (Lipinski definition) is 1. The first-order valence-corrected chi connectivity index (χ1v) is 7.79. The minimum absolute atomic E-state index is 0.216. The van der Waals surface area contributed by atoms with Crippen LogP contribution in [0.1, 0.15) is 40.1 Å². The van der Waals surface area contributed by atoms with Crippen LogP contribution < -0.4 is 10.1 Å². The van der Waals surface area contributed by atoms with Crippen molar-refractivity contribution in [2.75, 3.05) is 11.9 Å². The Morgan fingerprint density at radius 3 is 2.44 bits per heavy atom. The second-order valence-corrected chi connectivity index (χ2v) is 5.22. The van der Waals surface area contributed by atoms with Gasteiger partial charge in [-0.25, -0.2) is 4.79 Å². The Morgan fingerprint density at radius 1 is 1.12 bits per heavy atom. The molecule has 2 rings (SSSR count). The highest BCUT2D eigenvalue weighted by molar-refractivity contribution is 5.97. The molecule has 1 amide bonds. The summed E-state index contributed by atoms with van der Waals surface area (Å²) in [5.74, 6) is -0.272. The topological polar surface area (TPSA) is 81.7 Å². The van der Waals surface area contributed by atoms with Crippen LogP contribution in [0.3, 0.4) is 0 Å². The van der Waals surface area contributed by atoms with E-state index in [1.54, 1.807) is 49.4 Å². The van der Waals surface area contributed by atoms with E-state index in [-0.39, 0.29) is 24.0 Å². The summed E-state index contributed by atoms with van der Waals surface area (Å²) in [4.78, 5) is 34.2. The quantitative estimate of drug-likeness (QED) is 0.618. The molecule has 0 saturated heterocycles. The number of rotatable bonds is 7. The molecule has 0 fully saturated rings. The van der Waals surface area contributed by atoms with Gasteiger partial charge in [0.25, 0.3) is 0 Å². The van der Waals surface area contributed by atoms with Crippen molar-refractivity contribution in [2.45, 2.75) is 20.5 Å². The van der Waals surface area contributed by atoms with Crippen LogP contribution in [0.5, 0.6) is 5.75 Å². The van der Waals surface area contributed by atoms with Gasteiger partial charge in [-0.3, -0.25) is 9.59 Å². The molecule has 130 valence electrons. The van der Waals surface area contributed by atoms with Crippen molar-refractivity contribution < 1.29 is 23.9 Å². The fourth-order valence-electron chi connectivity index (χ4n) is 2.20. The van der Waals surface area contributed by atoms with Gasteiger partial charge in [-0.15, -0.1) is 0 Å². The van der Waals surface area contributed by atoms with E-state index in [9.17, 15) is 14.4 Å². The minimum atomic E-state index is -0.374. The molecule has 0 aliphatic heterocycles. The van der Waals surface area contributed by atoms with E-state index >= 15 is 0 Å². The number of aldehydes is 1. The maximum atomic E-state index is 11.6. The predicted molar refractivity (Wildman–Crippen MR) is 92.9 cm³/mol. The van der Waals surface area contributed by atoms with Crippen LogP contribution in [0.4, 0.5) is 5.69 Å². The molecule has 0 aliphatic carbocycles. The first kappa shape index (κ1) is 18.2. The van der Waals surface area contributed by atoms with Gasteiger partial charge < -0.3 is 14.8 Å². The normalized spacial score (nSPS) is 10.0. The number of anilines is 1. The molecule has 1 N–H and O–H groups in total. The smallest absolute Gasteiger partial charge is 0.338 e. The largest absolute Gasteiger partial charge is 0.488 e. The highest BCUT2D eigenvalue weighted by atomic mass is 16.5. The third kappa shape index (κ3) is 4.91. The van der Waals surface area contributed by atoms with Crippen LogP contribution in [-0.2, 0) is 16.1 Å². The molecule has 6 nitrogen and oxygen atoms in total. The maximum absolute atomic E-state index is 11.6. The zero-order valence-electron chi connectivity index (χ0n) is 14.1. The van der Waals surface area contributed by atoms with E-state index in [4.69, 9.17) is 9.47 Å². The molecule has 0 aliphatic rings. The Hall–Kier alpha value is -3.15. The van der Waals surface area contributed by atoms with Crippen LogP contribution in [-0.4, -0.2) is 24.8 Å². The summed E-state index contributed by atoms with van der Waals surface area (Å²) >= 11 is 0. The second kappa shape index (κ2) is 8.63. The zero-order chi connectivity index (χ0) is 18.2. The molecule has 0 saturated carbocycles. The zero-order valence-corrected chi connectivity index (χ0v) is 14.1. The van der Waals surface area contributed by atoms with Gasteiger partial charge in [-0.2, -0.15) is 0 Å². The summed E-state index contributed by atoms with van der Waals surface area (Å²) in [6.45, 7) is 3.66. The third-order valence-electron chi connectivity index (χ3n) is 3.35. The Kier molecular flexibility index (Phi) is 6.28. The molecule has 0 radical (unpaired) electrons. The van der Waals surface area contributed by atoms with Crippen molar-refractivity contribution >= 4 is 23.9 Å². The van der Waals surface area contributed by atoms with E-state index in [2.05, 4.69) is 5.32 Å². The third-order valence-corrected chi connectivity index (χ3v) is 3.35. The number of esters is 1. The number of amides is 1. The van der Waals surface area contributed by atoms with Crippen molar-refractivity contribution in [1.29, 1.82) is 0 Å². The van der Waals surface area contributed by atoms with Crippen LogP contribution in [0.15, 0.2) is 42.5 Å². The van der Waals surface area contributed by atoms with Crippen LogP contribution in [0, 0.1) is 0 Å². The summed E-state index contributed by atoms with van der Waals surface area (Å²) in [6, 6.07) is 11.8. The molecule has 0 unspecified atom stereocenters. The van der Waals surface area contributed by atoms with Gasteiger partial charge >= 0.3 is 5.97 Å². The lowest BCUT2D eigenvalue weighted by atomic mass is 10.1. The fraction of sp³-hybridized carbons (Fsp3) is 0.211. The van der Waals surface area contributed by atoms with E-state index < -0.39 is 0 Å². The molecule has 2 aromatic carbocycles. The number of carbonyl (C=O) groups is 3. The Labute approximate surface area is 145 Å². The molecular weight excluding hydrogens is 322 g/mol. The maximum Gasteiger partial charge on any atom is 0.338 e. The van der Waals surface area contributed by atoms with Gasteiger partial charge in [0.2, 0.25) is 5.91 Å². The standard InChI is InChI=1S/C19H19NO5/c1-3-24-19(23)15-9-7-14(8-10-15)12-25-18-6-4-5-17(16(18)11-21)20-13(2)22/h4-11H,3,12H2,1-2H3,(H,20,22). The molecule has 2 aromatic rings.